The molecule has 0 bridgehead atoms. The predicted molar refractivity (Wildman–Crippen MR) is 83.3 cm³/mol. The Hall–Kier alpha value is -0.650. The van der Waals surface area contributed by atoms with Gasteiger partial charge in [0.25, 0.3) is 0 Å². The highest BCUT2D eigenvalue weighted by molar-refractivity contribution is 7.15. The molecule has 4 nitrogen and oxygen atoms in total. The number of anilines is 1. The molecule has 0 aliphatic rings. The first-order chi connectivity index (χ1) is 8.90. The summed E-state index contributed by atoms with van der Waals surface area (Å²) in [7, 11) is 4.05. The van der Waals surface area contributed by atoms with Gasteiger partial charge < -0.3 is 15.0 Å². The lowest BCUT2D eigenvalue weighted by molar-refractivity contribution is 0.154. The van der Waals surface area contributed by atoms with Crippen molar-refractivity contribution in [3.05, 3.63) is 10.6 Å². The fraction of sp³-hybridized carbons (Fsp3) is 0.786. The van der Waals surface area contributed by atoms with E-state index >= 15 is 0 Å². The van der Waals surface area contributed by atoms with Crippen molar-refractivity contribution < 1.29 is 4.74 Å². The van der Waals surface area contributed by atoms with Crippen LogP contribution in [0.3, 0.4) is 0 Å². The molecule has 0 aromatic carbocycles. The van der Waals surface area contributed by atoms with Crippen molar-refractivity contribution in [3.63, 3.8) is 0 Å². The minimum absolute atomic E-state index is 0.0850. The minimum Gasteiger partial charge on any atom is -0.380 e. The van der Waals surface area contributed by atoms with Gasteiger partial charge in [-0.3, -0.25) is 0 Å². The highest BCUT2D eigenvalue weighted by Crippen LogP contribution is 2.33. The number of nitrogens with one attached hydrogen (secondary N) is 1. The summed E-state index contributed by atoms with van der Waals surface area (Å²) < 4.78 is 5.40. The van der Waals surface area contributed by atoms with E-state index in [1.54, 1.807) is 11.3 Å². The van der Waals surface area contributed by atoms with Crippen LogP contribution in [0, 0.1) is 0 Å². The molecule has 19 heavy (non-hydrogen) atoms. The first-order valence-electron chi connectivity index (χ1n) is 6.83. The molecule has 1 N–H and O–H groups in total. The maximum absolute atomic E-state index is 5.40. The number of ether oxygens (including phenoxy) is 1. The van der Waals surface area contributed by atoms with Gasteiger partial charge in [-0.15, -0.1) is 11.3 Å². The van der Waals surface area contributed by atoms with Gasteiger partial charge in [0.1, 0.15) is 0 Å². The van der Waals surface area contributed by atoms with E-state index in [4.69, 9.17) is 9.72 Å². The maximum Gasteiger partial charge on any atom is 0.185 e. The Morgan fingerprint density at radius 1 is 1.37 bits per heavy atom. The van der Waals surface area contributed by atoms with E-state index in [1.165, 1.54) is 10.6 Å². The van der Waals surface area contributed by atoms with Crippen LogP contribution >= 0.6 is 11.3 Å². The molecule has 1 aromatic heterocycles. The molecule has 0 fully saturated rings. The van der Waals surface area contributed by atoms with Crippen LogP contribution in [-0.2, 0) is 16.7 Å². The molecular weight excluding hydrogens is 258 g/mol. The van der Waals surface area contributed by atoms with E-state index in [1.807, 2.05) is 14.0 Å². The van der Waals surface area contributed by atoms with E-state index in [2.05, 4.69) is 38.0 Å². The van der Waals surface area contributed by atoms with Gasteiger partial charge in [-0.1, -0.05) is 20.8 Å². The predicted octanol–water partition coefficient (Wildman–Crippen LogP) is 2.63. The van der Waals surface area contributed by atoms with Crippen molar-refractivity contribution >= 4 is 16.5 Å². The van der Waals surface area contributed by atoms with Gasteiger partial charge in [0, 0.05) is 37.0 Å². The van der Waals surface area contributed by atoms with Crippen molar-refractivity contribution in [1.29, 1.82) is 0 Å². The second-order valence-electron chi connectivity index (χ2n) is 5.67. The van der Waals surface area contributed by atoms with Crippen LogP contribution in [0.4, 0.5) is 5.13 Å². The zero-order valence-corrected chi connectivity index (χ0v) is 13.9. The number of aromatic nitrogens is 1. The van der Waals surface area contributed by atoms with Gasteiger partial charge in [-0.05, 0) is 14.0 Å². The molecule has 0 aliphatic heterocycles. The van der Waals surface area contributed by atoms with E-state index in [0.29, 0.717) is 0 Å². The van der Waals surface area contributed by atoms with Crippen molar-refractivity contribution in [2.45, 2.75) is 39.7 Å². The summed E-state index contributed by atoms with van der Waals surface area (Å²) in [5.74, 6) is 0. The fourth-order valence-corrected chi connectivity index (χ4v) is 3.08. The first-order valence-corrected chi connectivity index (χ1v) is 7.65. The summed E-state index contributed by atoms with van der Waals surface area (Å²) in [6.45, 7) is 11.9. The summed E-state index contributed by atoms with van der Waals surface area (Å²) in [5, 5.41) is 4.31. The van der Waals surface area contributed by atoms with E-state index in [9.17, 15) is 0 Å². The standard InChI is InChI=1S/C14H27N3OS/c1-7-18-9-8-17(6)13-16-12(14(2,3)4)11(19-13)10-15-5/h15H,7-10H2,1-6H3. The fourth-order valence-electron chi connectivity index (χ4n) is 1.81. The lowest BCUT2D eigenvalue weighted by atomic mass is 9.91. The highest BCUT2D eigenvalue weighted by Gasteiger charge is 2.23. The van der Waals surface area contributed by atoms with Crippen LogP contribution in [0.5, 0.6) is 0 Å². The molecule has 0 atom stereocenters. The molecule has 5 heteroatoms. The van der Waals surface area contributed by atoms with Gasteiger partial charge >= 0.3 is 0 Å². The highest BCUT2D eigenvalue weighted by atomic mass is 32.1. The number of likely N-dealkylation sites (N-methyl/N-ethyl adjacent to an activating group) is 1. The molecule has 1 aromatic rings. The van der Waals surface area contributed by atoms with Gasteiger partial charge in [0.15, 0.2) is 5.13 Å². The lowest BCUT2D eigenvalue weighted by Gasteiger charge is -2.18. The number of thiazole rings is 1. The summed E-state index contributed by atoms with van der Waals surface area (Å²) in [6.07, 6.45) is 0. The summed E-state index contributed by atoms with van der Waals surface area (Å²) in [4.78, 5) is 8.33. The van der Waals surface area contributed by atoms with Gasteiger partial charge in [0.2, 0.25) is 0 Å². The Kier molecular flexibility index (Phi) is 6.23. The molecule has 1 rings (SSSR count). The normalized spacial score (nSPS) is 11.9. The second kappa shape index (κ2) is 7.22. The topological polar surface area (TPSA) is 37.4 Å². The molecule has 0 amide bonds. The molecule has 0 saturated heterocycles. The Balaban J connectivity index is 2.85. The van der Waals surface area contributed by atoms with Crippen LogP contribution in [0.1, 0.15) is 38.3 Å². The quantitative estimate of drug-likeness (QED) is 0.782. The third-order valence-electron chi connectivity index (χ3n) is 2.84. The molecular formula is C14H27N3OS. The molecule has 0 aliphatic carbocycles. The van der Waals surface area contributed by atoms with E-state index in [-0.39, 0.29) is 5.41 Å². The van der Waals surface area contributed by atoms with E-state index < -0.39 is 0 Å². The number of hydrogen-bond acceptors (Lipinski definition) is 5. The smallest absolute Gasteiger partial charge is 0.185 e. The monoisotopic (exact) mass is 285 g/mol. The minimum atomic E-state index is 0.0850. The number of rotatable bonds is 7. The van der Waals surface area contributed by atoms with Crippen molar-refractivity contribution in [2.75, 3.05) is 38.8 Å². The van der Waals surface area contributed by atoms with Crippen LogP contribution in [0.2, 0.25) is 0 Å². The first kappa shape index (κ1) is 16.4. The molecule has 0 unspecified atom stereocenters. The zero-order chi connectivity index (χ0) is 14.5. The number of nitrogens with zero attached hydrogens (tertiary/aromatic N) is 2. The molecule has 0 saturated carbocycles. The van der Waals surface area contributed by atoms with Gasteiger partial charge in [-0.2, -0.15) is 0 Å². The molecule has 110 valence electrons. The lowest BCUT2D eigenvalue weighted by Crippen LogP contribution is -2.23. The third kappa shape index (κ3) is 4.75. The van der Waals surface area contributed by atoms with Crippen LogP contribution < -0.4 is 10.2 Å². The summed E-state index contributed by atoms with van der Waals surface area (Å²) in [5.41, 5.74) is 1.28. The van der Waals surface area contributed by atoms with Crippen molar-refractivity contribution in [2.24, 2.45) is 0 Å². The largest absolute Gasteiger partial charge is 0.380 e. The van der Waals surface area contributed by atoms with E-state index in [0.717, 1.165) is 31.4 Å². The number of hydrogen-bond donors (Lipinski definition) is 1. The second-order valence-corrected chi connectivity index (χ2v) is 6.73. The Morgan fingerprint density at radius 2 is 2.05 bits per heavy atom. The average Bonchev–Trinajstić information content (AvgIpc) is 2.73. The van der Waals surface area contributed by atoms with Crippen molar-refractivity contribution in [1.82, 2.24) is 10.3 Å². The summed E-state index contributed by atoms with van der Waals surface area (Å²) in [6, 6.07) is 0. The van der Waals surface area contributed by atoms with Crippen LogP contribution in [-0.4, -0.2) is 38.8 Å². The molecule has 0 spiro atoms. The Labute approximate surface area is 121 Å². The van der Waals surface area contributed by atoms with Crippen molar-refractivity contribution in [3.8, 4) is 0 Å². The summed E-state index contributed by atoms with van der Waals surface area (Å²) >= 11 is 1.77. The van der Waals surface area contributed by atoms with Crippen LogP contribution in [0.15, 0.2) is 0 Å². The van der Waals surface area contributed by atoms with Gasteiger partial charge in [-0.25, -0.2) is 4.98 Å². The molecule has 0 radical (unpaired) electrons. The zero-order valence-electron chi connectivity index (χ0n) is 13.0. The maximum atomic E-state index is 5.40. The SMILES string of the molecule is CCOCCN(C)c1nc(C(C)(C)C)c(CNC)s1. The Morgan fingerprint density at radius 3 is 2.58 bits per heavy atom. The van der Waals surface area contributed by atoms with Crippen LogP contribution in [0.25, 0.3) is 0 Å². The molecule has 1 heterocycles. The average molecular weight is 285 g/mol. The van der Waals surface area contributed by atoms with Gasteiger partial charge in [0.05, 0.1) is 12.3 Å². The third-order valence-corrected chi connectivity index (χ3v) is 4.01. The Bertz CT molecular complexity index is 385.